The molecule has 1 fully saturated rings. The zero-order chi connectivity index (χ0) is 19.4. The van der Waals surface area contributed by atoms with E-state index in [9.17, 15) is 9.59 Å². The highest BCUT2D eigenvalue weighted by molar-refractivity contribution is 5.98. The van der Waals surface area contributed by atoms with Crippen LogP contribution in [0.1, 0.15) is 41.7 Å². The lowest BCUT2D eigenvalue weighted by Crippen LogP contribution is -2.27. The minimum atomic E-state index is -0.246. The van der Waals surface area contributed by atoms with Crippen molar-refractivity contribution in [1.29, 1.82) is 0 Å². The topological polar surface area (TPSA) is 76.7 Å². The lowest BCUT2D eigenvalue weighted by molar-refractivity contribution is -0.117. The Hall–Kier alpha value is -3.02. The van der Waals surface area contributed by atoms with Gasteiger partial charge in [-0.3, -0.25) is 9.59 Å². The Kier molecular flexibility index (Phi) is 5.64. The van der Waals surface area contributed by atoms with Crippen LogP contribution in [0.3, 0.4) is 0 Å². The first-order chi connectivity index (χ1) is 13.0. The van der Waals surface area contributed by atoms with E-state index >= 15 is 0 Å². The predicted octanol–water partition coefficient (Wildman–Crippen LogP) is 3.54. The molecule has 0 heterocycles. The van der Waals surface area contributed by atoms with Gasteiger partial charge in [0.25, 0.3) is 5.91 Å². The molecule has 2 aromatic carbocycles. The number of hydrogen-bond acceptors (Lipinski definition) is 4. The molecule has 1 unspecified atom stereocenters. The predicted molar refractivity (Wildman–Crippen MR) is 103 cm³/mol. The van der Waals surface area contributed by atoms with E-state index in [-0.39, 0.29) is 23.8 Å². The molecule has 0 aromatic heterocycles. The molecule has 0 aliphatic heterocycles. The van der Waals surface area contributed by atoms with Crippen LogP contribution in [0.15, 0.2) is 42.5 Å². The number of amides is 2. The average molecular weight is 368 g/mol. The molecule has 2 amide bonds. The molecule has 0 saturated heterocycles. The summed E-state index contributed by atoms with van der Waals surface area (Å²) in [6.07, 6.45) is 1.95. The molecule has 6 nitrogen and oxygen atoms in total. The van der Waals surface area contributed by atoms with Gasteiger partial charge in [0.1, 0.15) is 0 Å². The van der Waals surface area contributed by atoms with Crippen LogP contribution in [0.25, 0.3) is 0 Å². The van der Waals surface area contributed by atoms with Crippen LogP contribution in [-0.2, 0) is 4.79 Å². The number of hydrogen-bond donors (Lipinski definition) is 2. The first-order valence-corrected chi connectivity index (χ1v) is 8.96. The fourth-order valence-electron chi connectivity index (χ4n) is 2.87. The third-order valence-electron chi connectivity index (χ3n) is 4.62. The van der Waals surface area contributed by atoms with Gasteiger partial charge in [-0.1, -0.05) is 18.2 Å². The van der Waals surface area contributed by atoms with Gasteiger partial charge < -0.3 is 20.1 Å². The largest absolute Gasteiger partial charge is 0.493 e. The highest BCUT2D eigenvalue weighted by Gasteiger charge is 2.29. The summed E-state index contributed by atoms with van der Waals surface area (Å²) in [6, 6.07) is 12.5. The maximum atomic E-state index is 12.7. The monoisotopic (exact) mass is 368 g/mol. The molecule has 142 valence electrons. The second kappa shape index (κ2) is 8.12. The molecule has 0 bridgehead atoms. The van der Waals surface area contributed by atoms with Gasteiger partial charge in [0.05, 0.1) is 25.8 Å². The summed E-state index contributed by atoms with van der Waals surface area (Å²) in [6.45, 7) is 1.91. The molecule has 0 spiro atoms. The van der Waals surface area contributed by atoms with Crippen molar-refractivity contribution in [2.75, 3.05) is 19.5 Å². The van der Waals surface area contributed by atoms with E-state index in [4.69, 9.17) is 9.47 Å². The molecule has 1 aliphatic rings. The first-order valence-electron chi connectivity index (χ1n) is 8.96. The second-order valence-corrected chi connectivity index (χ2v) is 6.62. The number of methoxy groups -OCH3 is 2. The number of ether oxygens (including phenoxy) is 2. The van der Waals surface area contributed by atoms with Crippen LogP contribution in [0.5, 0.6) is 11.5 Å². The van der Waals surface area contributed by atoms with Crippen molar-refractivity contribution in [3.8, 4) is 11.5 Å². The number of rotatable bonds is 7. The summed E-state index contributed by atoms with van der Waals surface area (Å²) < 4.78 is 10.6. The van der Waals surface area contributed by atoms with Crippen LogP contribution >= 0.6 is 0 Å². The minimum absolute atomic E-state index is 0.0780. The summed E-state index contributed by atoms with van der Waals surface area (Å²) in [4.78, 5) is 24.5. The van der Waals surface area contributed by atoms with Crippen molar-refractivity contribution in [2.24, 2.45) is 5.92 Å². The summed E-state index contributed by atoms with van der Waals surface area (Å²) in [5, 5.41) is 5.87. The highest BCUT2D eigenvalue weighted by atomic mass is 16.5. The third kappa shape index (κ3) is 4.39. The first kappa shape index (κ1) is 18.8. The lowest BCUT2D eigenvalue weighted by atomic mass is 10.1. The molecule has 6 heteroatoms. The van der Waals surface area contributed by atoms with Crippen LogP contribution in [0, 0.1) is 5.92 Å². The molecule has 27 heavy (non-hydrogen) atoms. The van der Waals surface area contributed by atoms with E-state index in [1.807, 2.05) is 31.2 Å². The number of benzene rings is 2. The molecular formula is C21H24N2O4. The molecule has 1 atom stereocenters. The van der Waals surface area contributed by atoms with Crippen molar-refractivity contribution in [3.63, 3.8) is 0 Å². The summed E-state index contributed by atoms with van der Waals surface area (Å²) >= 11 is 0. The smallest absolute Gasteiger partial charge is 0.255 e. The quantitative estimate of drug-likeness (QED) is 0.784. The minimum Gasteiger partial charge on any atom is -0.493 e. The maximum Gasteiger partial charge on any atom is 0.255 e. The Morgan fingerprint density at radius 1 is 1.04 bits per heavy atom. The lowest BCUT2D eigenvalue weighted by Gasteiger charge is -2.17. The van der Waals surface area contributed by atoms with E-state index in [0.717, 1.165) is 24.1 Å². The van der Waals surface area contributed by atoms with Gasteiger partial charge in [0.2, 0.25) is 5.91 Å². The van der Waals surface area contributed by atoms with E-state index < -0.39 is 0 Å². The number of carbonyl (C=O) groups is 2. The number of nitrogens with one attached hydrogen (secondary N) is 2. The molecular weight excluding hydrogens is 344 g/mol. The molecule has 0 radical (unpaired) electrons. The second-order valence-electron chi connectivity index (χ2n) is 6.62. The maximum absolute atomic E-state index is 12.7. The molecule has 1 aliphatic carbocycles. The standard InChI is InChI=1S/C21H24N2O4/c1-13(14-9-11-16(12-10-14)23-20(24)15-7-8-15)22-21(25)17-5-4-6-18(26-2)19(17)27-3/h4-6,9-13,15H,7-8H2,1-3H3,(H,22,25)(H,23,24). The summed E-state index contributed by atoms with van der Waals surface area (Å²) in [7, 11) is 3.04. The zero-order valence-electron chi connectivity index (χ0n) is 15.7. The van der Waals surface area contributed by atoms with Gasteiger partial charge in [0.15, 0.2) is 11.5 Å². The van der Waals surface area contributed by atoms with E-state index in [1.165, 1.54) is 14.2 Å². The third-order valence-corrected chi connectivity index (χ3v) is 4.62. The Balaban J connectivity index is 1.67. The van der Waals surface area contributed by atoms with Gasteiger partial charge >= 0.3 is 0 Å². The van der Waals surface area contributed by atoms with Crippen molar-refractivity contribution < 1.29 is 19.1 Å². The summed E-state index contributed by atoms with van der Waals surface area (Å²) in [5.74, 6) is 0.913. The van der Waals surface area contributed by atoms with Crippen LogP contribution in [0.2, 0.25) is 0 Å². The van der Waals surface area contributed by atoms with Gasteiger partial charge in [-0.25, -0.2) is 0 Å². The van der Waals surface area contributed by atoms with E-state index in [2.05, 4.69) is 10.6 Å². The van der Waals surface area contributed by atoms with Crippen molar-refractivity contribution in [3.05, 3.63) is 53.6 Å². The fraction of sp³-hybridized carbons (Fsp3) is 0.333. The highest BCUT2D eigenvalue weighted by Crippen LogP contribution is 2.31. The fourth-order valence-corrected chi connectivity index (χ4v) is 2.87. The SMILES string of the molecule is COc1cccc(C(=O)NC(C)c2ccc(NC(=O)C3CC3)cc2)c1OC. The van der Waals surface area contributed by atoms with Crippen LogP contribution in [-0.4, -0.2) is 26.0 Å². The van der Waals surface area contributed by atoms with Crippen molar-refractivity contribution in [1.82, 2.24) is 5.32 Å². The Morgan fingerprint density at radius 3 is 2.33 bits per heavy atom. The van der Waals surface area contributed by atoms with Crippen molar-refractivity contribution in [2.45, 2.75) is 25.8 Å². The van der Waals surface area contributed by atoms with Crippen LogP contribution in [0.4, 0.5) is 5.69 Å². The average Bonchev–Trinajstić information content (AvgIpc) is 3.53. The number of carbonyl (C=O) groups excluding carboxylic acids is 2. The van der Waals surface area contributed by atoms with Gasteiger partial charge in [-0.2, -0.15) is 0 Å². The molecule has 2 N–H and O–H groups in total. The molecule has 3 rings (SSSR count). The van der Waals surface area contributed by atoms with Gasteiger partial charge in [-0.05, 0) is 49.6 Å². The van der Waals surface area contributed by atoms with Gasteiger partial charge in [0, 0.05) is 11.6 Å². The Bertz CT molecular complexity index is 829. The van der Waals surface area contributed by atoms with E-state index in [0.29, 0.717) is 17.1 Å². The Morgan fingerprint density at radius 2 is 1.74 bits per heavy atom. The Labute approximate surface area is 158 Å². The van der Waals surface area contributed by atoms with Gasteiger partial charge in [-0.15, -0.1) is 0 Å². The number of para-hydroxylation sites is 1. The van der Waals surface area contributed by atoms with Crippen molar-refractivity contribution >= 4 is 17.5 Å². The normalized spacial score (nSPS) is 14.2. The molecule has 2 aromatic rings. The number of anilines is 1. The summed E-state index contributed by atoms with van der Waals surface area (Å²) in [5.41, 5.74) is 2.12. The van der Waals surface area contributed by atoms with Crippen LogP contribution < -0.4 is 20.1 Å². The van der Waals surface area contributed by atoms with E-state index in [1.54, 1.807) is 18.2 Å². The zero-order valence-corrected chi connectivity index (χ0v) is 15.7. The molecule has 1 saturated carbocycles.